The van der Waals surface area contributed by atoms with Crippen LogP contribution < -0.4 is 4.90 Å². The van der Waals surface area contributed by atoms with E-state index < -0.39 is 16.4 Å². The molecular formula is C22H15N3O5. The van der Waals surface area contributed by atoms with Gasteiger partial charge in [0.1, 0.15) is 0 Å². The fraction of sp³-hybridized carbons (Fsp3) is 0.136. The van der Waals surface area contributed by atoms with Gasteiger partial charge >= 0.3 is 0 Å². The van der Waals surface area contributed by atoms with E-state index >= 15 is 0 Å². The molecule has 8 heteroatoms. The van der Waals surface area contributed by atoms with Gasteiger partial charge in [0.15, 0.2) is 0 Å². The van der Waals surface area contributed by atoms with Gasteiger partial charge in [-0.3, -0.25) is 19.7 Å². The van der Waals surface area contributed by atoms with Gasteiger partial charge in [-0.05, 0) is 40.6 Å². The molecule has 148 valence electrons. The van der Waals surface area contributed by atoms with E-state index in [0.29, 0.717) is 17.0 Å². The number of hydrogen-bond donors (Lipinski definition) is 0. The molecule has 0 unspecified atom stereocenters. The Kier molecular flexibility index (Phi) is 3.89. The lowest BCUT2D eigenvalue weighted by Gasteiger charge is -2.19. The molecule has 5 rings (SSSR count). The molecule has 0 bridgehead atoms. The second-order valence-electron chi connectivity index (χ2n) is 7.35. The first-order valence-corrected chi connectivity index (χ1v) is 9.33. The smallest absolute Gasteiger partial charge is 0.281 e. The van der Waals surface area contributed by atoms with Crippen molar-refractivity contribution in [2.45, 2.75) is 18.4 Å². The molecule has 1 atom stereocenters. The summed E-state index contributed by atoms with van der Waals surface area (Å²) in [5, 5.41) is 16.8. The molecule has 2 aliphatic heterocycles. The Morgan fingerprint density at radius 3 is 2.43 bits per heavy atom. The highest BCUT2D eigenvalue weighted by Crippen LogP contribution is 2.40. The fourth-order valence-corrected chi connectivity index (χ4v) is 3.91. The number of fused-ring (bicyclic) bond motifs is 1. The largest absolute Gasteiger partial charge is 0.378 e. The lowest BCUT2D eigenvalue weighted by atomic mass is 9.92. The van der Waals surface area contributed by atoms with E-state index in [-0.39, 0.29) is 24.4 Å². The average molecular weight is 401 g/mol. The van der Waals surface area contributed by atoms with Crippen LogP contribution in [-0.2, 0) is 14.4 Å². The summed E-state index contributed by atoms with van der Waals surface area (Å²) < 4.78 is 0. The first-order chi connectivity index (χ1) is 14.5. The molecule has 30 heavy (non-hydrogen) atoms. The predicted molar refractivity (Wildman–Crippen MR) is 109 cm³/mol. The van der Waals surface area contributed by atoms with Gasteiger partial charge in [0, 0.05) is 18.6 Å². The van der Waals surface area contributed by atoms with E-state index in [1.165, 1.54) is 12.1 Å². The van der Waals surface area contributed by atoms with Crippen molar-refractivity contribution in [1.82, 2.24) is 0 Å². The molecule has 3 aromatic carbocycles. The molecule has 0 radical (unpaired) electrons. The molecule has 3 aromatic rings. The van der Waals surface area contributed by atoms with E-state index in [0.717, 1.165) is 15.7 Å². The highest BCUT2D eigenvalue weighted by atomic mass is 16.7. The molecule has 8 nitrogen and oxygen atoms in total. The van der Waals surface area contributed by atoms with E-state index in [1.54, 1.807) is 24.3 Å². The maximum absolute atomic E-state index is 13.2. The number of benzene rings is 3. The predicted octanol–water partition coefficient (Wildman–Crippen LogP) is 3.57. The Morgan fingerprint density at radius 1 is 0.967 bits per heavy atom. The second-order valence-corrected chi connectivity index (χ2v) is 7.35. The Labute approximate surface area is 170 Å². The molecule has 0 saturated carbocycles. The van der Waals surface area contributed by atoms with Crippen LogP contribution in [0.25, 0.3) is 10.8 Å². The second kappa shape index (κ2) is 6.48. The Hall–Kier alpha value is -4.07. The zero-order valence-electron chi connectivity index (χ0n) is 15.6. The number of nitrogens with zero attached hydrogens (tertiary/aromatic N) is 3. The SMILES string of the molecule is O=C1C[C@]2(CC(c3ccc([N+](=O)[O-])cc3)=NO2)C(=O)N1c1ccc2ccccc2c1. The van der Waals surface area contributed by atoms with E-state index in [4.69, 9.17) is 4.84 Å². The minimum absolute atomic E-state index is 0.0393. The Morgan fingerprint density at radius 2 is 1.70 bits per heavy atom. The van der Waals surface area contributed by atoms with Gasteiger partial charge in [-0.2, -0.15) is 0 Å². The third-order valence-electron chi connectivity index (χ3n) is 5.47. The van der Waals surface area contributed by atoms with Crippen LogP contribution in [0.3, 0.4) is 0 Å². The van der Waals surface area contributed by atoms with Gasteiger partial charge in [-0.15, -0.1) is 0 Å². The molecule has 0 aromatic heterocycles. The molecule has 2 aliphatic rings. The number of anilines is 1. The molecule has 0 aliphatic carbocycles. The number of oxime groups is 1. The van der Waals surface area contributed by atoms with Crippen LogP contribution in [0.15, 0.2) is 71.9 Å². The van der Waals surface area contributed by atoms with Crippen molar-refractivity contribution in [2.75, 3.05) is 4.90 Å². The molecule has 1 saturated heterocycles. The minimum atomic E-state index is -1.38. The number of rotatable bonds is 3. The molecular weight excluding hydrogens is 386 g/mol. The number of carbonyl (C=O) groups excluding carboxylic acids is 2. The lowest BCUT2D eigenvalue weighted by molar-refractivity contribution is -0.384. The third kappa shape index (κ3) is 2.73. The maximum Gasteiger partial charge on any atom is 0.281 e. The lowest BCUT2D eigenvalue weighted by Crippen LogP contribution is -2.40. The number of non-ortho nitro benzene ring substituents is 1. The standard InChI is InChI=1S/C22H15N3O5/c26-20-13-22(12-19(23-30-22)15-6-8-17(9-7-15)25(28)29)21(27)24(20)18-10-5-14-3-1-2-4-16(14)11-18/h1-11H,12-13H2/t22-/m1/s1. The van der Waals surface area contributed by atoms with Crippen LogP contribution in [0.2, 0.25) is 0 Å². The van der Waals surface area contributed by atoms with Crippen LogP contribution in [0.1, 0.15) is 18.4 Å². The molecule has 2 heterocycles. The zero-order chi connectivity index (χ0) is 20.9. The number of amides is 2. The number of carbonyl (C=O) groups is 2. The monoisotopic (exact) mass is 401 g/mol. The van der Waals surface area contributed by atoms with Gasteiger partial charge in [-0.25, -0.2) is 4.90 Å². The van der Waals surface area contributed by atoms with Gasteiger partial charge in [0.2, 0.25) is 11.5 Å². The first kappa shape index (κ1) is 18.0. The number of nitro groups is 1. The summed E-state index contributed by atoms with van der Waals surface area (Å²) in [7, 11) is 0. The van der Waals surface area contributed by atoms with Gasteiger partial charge < -0.3 is 4.84 Å². The van der Waals surface area contributed by atoms with Gasteiger partial charge in [0.25, 0.3) is 11.6 Å². The summed E-state index contributed by atoms with van der Waals surface area (Å²) in [6, 6.07) is 18.9. The quantitative estimate of drug-likeness (QED) is 0.379. The molecule has 2 amide bonds. The van der Waals surface area contributed by atoms with Crippen LogP contribution in [-0.4, -0.2) is 28.1 Å². The first-order valence-electron chi connectivity index (χ1n) is 9.33. The summed E-state index contributed by atoms with van der Waals surface area (Å²) in [5.41, 5.74) is 0.170. The van der Waals surface area contributed by atoms with E-state index in [2.05, 4.69) is 5.16 Å². The number of nitro benzene ring substituents is 1. The molecule has 0 N–H and O–H groups in total. The van der Waals surface area contributed by atoms with E-state index in [9.17, 15) is 19.7 Å². The van der Waals surface area contributed by atoms with Crippen LogP contribution in [0.4, 0.5) is 11.4 Å². The van der Waals surface area contributed by atoms with Gasteiger partial charge in [0.05, 0.1) is 22.7 Å². The fourth-order valence-electron chi connectivity index (χ4n) is 3.91. The van der Waals surface area contributed by atoms with Crippen LogP contribution in [0, 0.1) is 10.1 Å². The van der Waals surface area contributed by atoms with E-state index in [1.807, 2.05) is 30.3 Å². The average Bonchev–Trinajstić information content (AvgIpc) is 3.28. The summed E-state index contributed by atoms with van der Waals surface area (Å²) in [6.07, 6.45) is 0.0120. The third-order valence-corrected chi connectivity index (χ3v) is 5.47. The van der Waals surface area contributed by atoms with Crippen molar-refractivity contribution in [3.05, 3.63) is 82.4 Å². The zero-order valence-corrected chi connectivity index (χ0v) is 15.6. The minimum Gasteiger partial charge on any atom is -0.378 e. The maximum atomic E-state index is 13.2. The van der Waals surface area contributed by atoms with Crippen molar-refractivity contribution in [2.24, 2.45) is 5.16 Å². The molecule has 1 spiro atoms. The highest BCUT2D eigenvalue weighted by Gasteiger charge is 2.58. The normalized spacial score (nSPS) is 20.7. The van der Waals surface area contributed by atoms with Crippen LogP contribution >= 0.6 is 0 Å². The summed E-state index contributed by atoms with van der Waals surface area (Å²) >= 11 is 0. The number of imide groups is 1. The van der Waals surface area contributed by atoms with Crippen molar-refractivity contribution in [1.29, 1.82) is 0 Å². The van der Waals surface area contributed by atoms with Crippen molar-refractivity contribution in [3.63, 3.8) is 0 Å². The van der Waals surface area contributed by atoms with Crippen molar-refractivity contribution in [3.8, 4) is 0 Å². The number of hydrogen-bond acceptors (Lipinski definition) is 6. The van der Waals surface area contributed by atoms with Gasteiger partial charge in [-0.1, -0.05) is 35.5 Å². The van der Waals surface area contributed by atoms with Crippen molar-refractivity contribution >= 4 is 39.7 Å². The topological polar surface area (TPSA) is 102 Å². The summed E-state index contributed by atoms with van der Waals surface area (Å²) in [5.74, 6) is -0.807. The van der Waals surface area contributed by atoms with Crippen LogP contribution in [0.5, 0.6) is 0 Å². The Bertz CT molecular complexity index is 1250. The summed E-state index contributed by atoms with van der Waals surface area (Å²) in [6.45, 7) is 0. The highest BCUT2D eigenvalue weighted by molar-refractivity contribution is 6.26. The summed E-state index contributed by atoms with van der Waals surface area (Å²) in [4.78, 5) is 43.0. The van der Waals surface area contributed by atoms with Crippen molar-refractivity contribution < 1.29 is 19.3 Å². The molecule has 1 fully saturated rings. The Balaban J connectivity index is 1.42.